The molecular formula is C24H29FN4S. The van der Waals surface area contributed by atoms with E-state index in [0.717, 1.165) is 38.8 Å². The van der Waals surface area contributed by atoms with Crippen LogP contribution in [-0.4, -0.2) is 22.9 Å². The normalized spacial score (nSPS) is 16.2. The quantitative estimate of drug-likeness (QED) is 0.258. The van der Waals surface area contributed by atoms with Crippen molar-refractivity contribution >= 4 is 38.2 Å². The minimum atomic E-state index is 0.127. The van der Waals surface area contributed by atoms with E-state index in [1.165, 1.54) is 37.0 Å². The van der Waals surface area contributed by atoms with Gasteiger partial charge in [0.25, 0.3) is 0 Å². The van der Waals surface area contributed by atoms with Crippen LogP contribution >= 0.6 is 11.3 Å². The fourth-order valence-electron chi connectivity index (χ4n) is 4.21. The number of nitrogens with one attached hydrogen (secondary N) is 1. The van der Waals surface area contributed by atoms with E-state index < -0.39 is 0 Å². The van der Waals surface area contributed by atoms with Gasteiger partial charge in [-0.05, 0) is 62.4 Å². The SMILES string of the molecule is CCC1(N=C(C)Nc2ccc(CCN(F)c3nc4ccccc4s3)cc2)CCCC1. The summed E-state index contributed by atoms with van der Waals surface area (Å²) in [7, 11) is 0. The first kappa shape index (κ1) is 20.8. The maximum absolute atomic E-state index is 14.5. The monoisotopic (exact) mass is 424 g/mol. The Kier molecular flexibility index (Phi) is 6.32. The Labute approximate surface area is 181 Å². The van der Waals surface area contributed by atoms with Gasteiger partial charge < -0.3 is 5.32 Å². The Bertz CT molecular complexity index is 972. The lowest BCUT2D eigenvalue weighted by Gasteiger charge is -2.23. The molecule has 1 saturated carbocycles. The lowest BCUT2D eigenvalue weighted by Crippen LogP contribution is -2.24. The molecule has 0 amide bonds. The number of benzene rings is 2. The van der Waals surface area contributed by atoms with Gasteiger partial charge in [-0.25, -0.2) is 4.98 Å². The zero-order chi connectivity index (χ0) is 21.0. The average molecular weight is 425 g/mol. The molecule has 1 heterocycles. The number of fused-ring (bicyclic) bond motifs is 1. The number of amidine groups is 1. The summed E-state index contributed by atoms with van der Waals surface area (Å²) in [4.78, 5) is 9.37. The molecule has 1 N–H and O–H groups in total. The lowest BCUT2D eigenvalue weighted by molar-refractivity contribution is 0.428. The van der Waals surface area contributed by atoms with Crippen molar-refractivity contribution in [1.82, 2.24) is 4.98 Å². The summed E-state index contributed by atoms with van der Waals surface area (Å²) in [6, 6.07) is 15.9. The van der Waals surface area contributed by atoms with Crippen molar-refractivity contribution < 1.29 is 4.48 Å². The Morgan fingerprint density at radius 3 is 2.60 bits per heavy atom. The second-order valence-corrected chi connectivity index (χ2v) is 9.11. The van der Waals surface area contributed by atoms with E-state index in [2.05, 4.69) is 17.2 Å². The van der Waals surface area contributed by atoms with Crippen LogP contribution < -0.4 is 10.4 Å². The van der Waals surface area contributed by atoms with E-state index in [4.69, 9.17) is 4.99 Å². The molecule has 2 aromatic carbocycles. The van der Waals surface area contributed by atoms with E-state index in [9.17, 15) is 4.48 Å². The summed E-state index contributed by atoms with van der Waals surface area (Å²) < 4.78 is 15.5. The molecular weight excluding hydrogens is 395 g/mol. The fourth-order valence-corrected chi connectivity index (χ4v) is 5.11. The van der Waals surface area contributed by atoms with Crippen molar-refractivity contribution in [3.05, 3.63) is 54.1 Å². The largest absolute Gasteiger partial charge is 0.344 e. The van der Waals surface area contributed by atoms with Gasteiger partial charge in [0.15, 0.2) is 0 Å². The molecule has 0 radical (unpaired) electrons. The molecule has 0 atom stereocenters. The Morgan fingerprint density at radius 1 is 1.17 bits per heavy atom. The van der Waals surface area contributed by atoms with E-state index in [1.807, 2.05) is 55.5 Å². The van der Waals surface area contributed by atoms with Gasteiger partial charge in [0, 0.05) is 5.69 Å². The first-order chi connectivity index (χ1) is 14.6. The molecule has 3 aromatic rings. The zero-order valence-corrected chi connectivity index (χ0v) is 18.5. The molecule has 4 nitrogen and oxygen atoms in total. The summed E-state index contributed by atoms with van der Waals surface area (Å²) in [6.07, 6.45) is 6.66. The second kappa shape index (κ2) is 9.13. The van der Waals surface area contributed by atoms with E-state index in [1.54, 1.807) is 0 Å². The van der Waals surface area contributed by atoms with Crippen LogP contribution in [0.2, 0.25) is 0 Å². The topological polar surface area (TPSA) is 40.5 Å². The molecule has 1 aliphatic rings. The van der Waals surface area contributed by atoms with Crippen molar-refractivity contribution in [2.24, 2.45) is 4.99 Å². The molecule has 0 aliphatic heterocycles. The van der Waals surface area contributed by atoms with E-state index in [0.29, 0.717) is 11.6 Å². The number of aliphatic imine (C=N–C) groups is 1. The third kappa shape index (κ3) is 4.81. The first-order valence-electron chi connectivity index (χ1n) is 10.8. The number of rotatable bonds is 7. The van der Waals surface area contributed by atoms with Crippen LogP contribution in [0.4, 0.5) is 15.3 Å². The molecule has 1 aliphatic carbocycles. The van der Waals surface area contributed by atoms with Gasteiger partial charge in [-0.1, -0.05) is 59.8 Å². The Morgan fingerprint density at radius 2 is 1.90 bits per heavy atom. The Hall–Kier alpha value is -2.47. The van der Waals surface area contributed by atoms with Crippen LogP contribution in [0.3, 0.4) is 0 Å². The van der Waals surface area contributed by atoms with Crippen LogP contribution in [0, 0.1) is 0 Å². The highest BCUT2D eigenvalue weighted by Gasteiger charge is 2.31. The summed E-state index contributed by atoms with van der Waals surface area (Å²) >= 11 is 1.38. The average Bonchev–Trinajstić information content (AvgIpc) is 3.40. The molecule has 0 unspecified atom stereocenters. The van der Waals surface area contributed by atoms with Crippen LogP contribution in [0.5, 0.6) is 0 Å². The summed E-state index contributed by atoms with van der Waals surface area (Å²) in [5.74, 6) is 0.970. The summed E-state index contributed by atoms with van der Waals surface area (Å²) in [5, 5.41) is 4.58. The Balaban J connectivity index is 1.33. The van der Waals surface area contributed by atoms with Gasteiger partial charge in [0.2, 0.25) is 5.13 Å². The molecule has 1 aromatic heterocycles. The molecule has 0 spiro atoms. The predicted molar refractivity (Wildman–Crippen MR) is 126 cm³/mol. The van der Waals surface area contributed by atoms with Crippen LogP contribution in [-0.2, 0) is 6.42 Å². The number of hydrogen-bond acceptors (Lipinski definition) is 4. The molecule has 158 valence electrons. The van der Waals surface area contributed by atoms with Gasteiger partial charge in [-0.2, -0.15) is 5.12 Å². The maximum atomic E-state index is 14.5. The van der Waals surface area contributed by atoms with Gasteiger partial charge >= 0.3 is 0 Å². The smallest absolute Gasteiger partial charge is 0.214 e. The minimum absolute atomic E-state index is 0.127. The molecule has 0 bridgehead atoms. The standard InChI is InChI=1S/C24H29FN4S/c1-3-24(15-6-7-16-24)28-18(2)26-20-12-10-19(11-13-20)14-17-29(25)23-27-21-8-4-5-9-22(21)30-23/h4-5,8-13H,3,6-7,14-17H2,1-2H3,(H,26,28). The van der Waals surface area contributed by atoms with Gasteiger partial charge in [-0.3, -0.25) is 4.99 Å². The van der Waals surface area contributed by atoms with Crippen LogP contribution in [0.15, 0.2) is 53.5 Å². The lowest BCUT2D eigenvalue weighted by atomic mass is 9.95. The van der Waals surface area contributed by atoms with Crippen LogP contribution in [0.25, 0.3) is 10.2 Å². The molecule has 4 rings (SSSR count). The highest BCUT2D eigenvalue weighted by molar-refractivity contribution is 7.22. The van der Waals surface area contributed by atoms with Crippen molar-refractivity contribution in [3.63, 3.8) is 0 Å². The highest BCUT2D eigenvalue weighted by Crippen LogP contribution is 2.36. The first-order valence-corrected chi connectivity index (χ1v) is 11.6. The fraction of sp³-hybridized carbons (Fsp3) is 0.417. The van der Waals surface area contributed by atoms with Crippen molar-refractivity contribution in [2.45, 2.75) is 57.9 Å². The number of para-hydroxylation sites is 1. The third-order valence-electron chi connectivity index (χ3n) is 5.96. The van der Waals surface area contributed by atoms with Crippen molar-refractivity contribution in [1.29, 1.82) is 0 Å². The minimum Gasteiger partial charge on any atom is -0.344 e. The highest BCUT2D eigenvalue weighted by atomic mass is 32.1. The molecule has 6 heteroatoms. The number of thiazole rings is 1. The number of halogens is 1. The molecule has 30 heavy (non-hydrogen) atoms. The predicted octanol–water partition coefficient (Wildman–Crippen LogP) is 6.78. The number of anilines is 2. The molecule has 0 saturated heterocycles. The van der Waals surface area contributed by atoms with Crippen LogP contribution in [0.1, 0.15) is 51.5 Å². The number of aromatic nitrogens is 1. The zero-order valence-electron chi connectivity index (χ0n) is 17.7. The third-order valence-corrected chi connectivity index (χ3v) is 7.00. The van der Waals surface area contributed by atoms with Gasteiger partial charge in [0.05, 0.1) is 28.1 Å². The molecule has 1 fully saturated rings. The second-order valence-electron chi connectivity index (χ2n) is 8.10. The van der Waals surface area contributed by atoms with Gasteiger partial charge in [-0.15, -0.1) is 0 Å². The maximum Gasteiger partial charge on any atom is 0.214 e. The van der Waals surface area contributed by atoms with E-state index in [-0.39, 0.29) is 12.1 Å². The van der Waals surface area contributed by atoms with Crippen molar-refractivity contribution in [3.8, 4) is 0 Å². The van der Waals surface area contributed by atoms with E-state index >= 15 is 0 Å². The number of nitrogens with zero attached hydrogens (tertiary/aromatic N) is 3. The summed E-state index contributed by atoms with van der Waals surface area (Å²) in [5.41, 5.74) is 3.09. The number of hydrogen-bond donors (Lipinski definition) is 1. The van der Waals surface area contributed by atoms with Crippen molar-refractivity contribution in [2.75, 3.05) is 17.0 Å². The summed E-state index contributed by atoms with van der Waals surface area (Å²) in [6.45, 7) is 4.56. The van der Waals surface area contributed by atoms with Gasteiger partial charge in [0.1, 0.15) is 0 Å².